The Balaban J connectivity index is 2.27. The van der Waals surface area contributed by atoms with Crippen molar-refractivity contribution in [3.63, 3.8) is 0 Å². The van der Waals surface area contributed by atoms with Crippen molar-refractivity contribution in [2.24, 2.45) is 0 Å². The van der Waals surface area contributed by atoms with Gasteiger partial charge in [-0.25, -0.2) is 8.78 Å². The second-order valence-corrected chi connectivity index (χ2v) is 4.67. The van der Waals surface area contributed by atoms with Gasteiger partial charge in [0.1, 0.15) is 11.6 Å². The van der Waals surface area contributed by atoms with Crippen LogP contribution in [0.2, 0.25) is 0 Å². The van der Waals surface area contributed by atoms with Gasteiger partial charge < -0.3 is 0 Å². The molecule has 0 amide bonds. The lowest BCUT2D eigenvalue weighted by molar-refractivity contribution is 0.446. The van der Waals surface area contributed by atoms with Gasteiger partial charge in [0.2, 0.25) is 0 Å². The van der Waals surface area contributed by atoms with Gasteiger partial charge in [-0.15, -0.1) is 11.6 Å². The highest BCUT2D eigenvalue weighted by atomic mass is 35.5. The van der Waals surface area contributed by atoms with Gasteiger partial charge in [0, 0.05) is 17.4 Å². The van der Waals surface area contributed by atoms with Gasteiger partial charge >= 0.3 is 0 Å². The van der Waals surface area contributed by atoms with Gasteiger partial charge in [-0.2, -0.15) is 0 Å². The van der Waals surface area contributed by atoms with Gasteiger partial charge in [0.25, 0.3) is 0 Å². The van der Waals surface area contributed by atoms with Crippen LogP contribution in [0, 0.1) is 11.6 Å². The number of hydrogen-bond donors (Lipinski definition) is 0. The predicted molar refractivity (Wildman–Crippen MR) is 57.2 cm³/mol. The van der Waals surface area contributed by atoms with Crippen molar-refractivity contribution in [3.05, 3.63) is 35.4 Å². The van der Waals surface area contributed by atoms with E-state index in [1.54, 1.807) is 0 Å². The highest BCUT2D eigenvalue weighted by Gasteiger charge is 2.25. The van der Waals surface area contributed by atoms with E-state index in [0.717, 1.165) is 31.7 Å². The minimum Gasteiger partial charge on any atom is -0.207 e. The van der Waals surface area contributed by atoms with Crippen LogP contribution in [0.25, 0.3) is 0 Å². The van der Waals surface area contributed by atoms with Crippen LogP contribution < -0.4 is 0 Å². The zero-order valence-corrected chi connectivity index (χ0v) is 9.11. The van der Waals surface area contributed by atoms with Crippen LogP contribution in [-0.4, -0.2) is 5.38 Å². The number of rotatable bonds is 1. The lowest BCUT2D eigenvalue weighted by Crippen LogP contribution is -2.18. The standard InChI is InChI=1S/C12H13ClF2/c13-12-4-2-1-3-11(12)8-5-9(14)7-10(15)6-8/h5-7,11-12H,1-4H2. The summed E-state index contributed by atoms with van der Waals surface area (Å²) >= 11 is 6.18. The molecule has 0 nitrogen and oxygen atoms in total. The van der Waals surface area contributed by atoms with Crippen LogP contribution in [0.3, 0.4) is 0 Å². The second-order valence-electron chi connectivity index (χ2n) is 4.11. The molecule has 0 N–H and O–H groups in total. The highest BCUT2D eigenvalue weighted by Crippen LogP contribution is 2.36. The lowest BCUT2D eigenvalue weighted by atomic mass is 9.83. The van der Waals surface area contributed by atoms with Gasteiger partial charge in [-0.1, -0.05) is 12.8 Å². The van der Waals surface area contributed by atoms with E-state index < -0.39 is 11.6 Å². The molecule has 0 aromatic heterocycles. The molecule has 15 heavy (non-hydrogen) atoms. The summed E-state index contributed by atoms with van der Waals surface area (Å²) in [6, 6.07) is 3.69. The molecule has 0 radical (unpaired) electrons. The van der Waals surface area contributed by atoms with Crippen molar-refractivity contribution >= 4 is 11.6 Å². The molecule has 2 rings (SSSR count). The van der Waals surface area contributed by atoms with E-state index in [4.69, 9.17) is 11.6 Å². The molecule has 1 aliphatic rings. The van der Waals surface area contributed by atoms with Crippen LogP contribution in [0.5, 0.6) is 0 Å². The molecule has 82 valence electrons. The van der Waals surface area contributed by atoms with Crippen LogP contribution in [0.4, 0.5) is 8.78 Å². The van der Waals surface area contributed by atoms with E-state index in [1.165, 1.54) is 12.1 Å². The summed E-state index contributed by atoms with van der Waals surface area (Å²) in [5, 5.41) is 0.0138. The molecule has 1 aromatic carbocycles. The molecule has 2 atom stereocenters. The van der Waals surface area contributed by atoms with E-state index in [-0.39, 0.29) is 11.3 Å². The van der Waals surface area contributed by atoms with Crippen LogP contribution in [0.1, 0.15) is 37.2 Å². The summed E-state index contributed by atoms with van der Waals surface area (Å²) in [5.74, 6) is -0.926. The molecule has 0 spiro atoms. The average molecular weight is 231 g/mol. The molecule has 1 aromatic rings. The van der Waals surface area contributed by atoms with Gasteiger partial charge in [-0.05, 0) is 30.5 Å². The minimum absolute atomic E-state index is 0.0138. The molecule has 0 heterocycles. The zero-order valence-electron chi connectivity index (χ0n) is 8.35. The fourth-order valence-corrected chi connectivity index (χ4v) is 2.68. The van der Waals surface area contributed by atoms with E-state index in [2.05, 4.69) is 0 Å². The Hall–Kier alpha value is -0.630. The average Bonchev–Trinajstić information content (AvgIpc) is 2.16. The Morgan fingerprint density at radius 3 is 2.20 bits per heavy atom. The molecule has 1 aliphatic carbocycles. The summed E-state index contributed by atoms with van der Waals surface area (Å²) in [4.78, 5) is 0. The zero-order chi connectivity index (χ0) is 10.8. The highest BCUT2D eigenvalue weighted by molar-refractivity contribution is 6.21. The summed E-state index contributed by atoms with van der Waals surface area (Å²) in [6.07, 6.45) is 4.07. The number of hydrogen-bond acceptors (Lipinski definition) is 0. The van der Waals surface area contributed by atoms with Crippen LogP contribution in [0.15, 0.2) is 18.2 Å². The first-order valence-corrected chi connectivity index (χ1v) is 5.70. The summed E-state index contributed by atoms with van der Waals surface area (Å²) < 4.78 is 26.1. The molecule has 0 bridgehead atoms. The van der Waals surface area contributed by atoms with Crippen molar-refractivity contribution in [3.8, 4) is 0 Å². The molecule has 1 fully saturated rings. The van der Waals surface area contributed by atoms with Crippen molar-refractivity contribution < 1.29 is 8.78 Å². The molecule has 1 saturated carbocycles. The number of alkyl halides is 1. The quantitative estimate of drug-likeness (QED) is 0.634. The Kier molecular flexibility index (Phi) is 3.25. The maximum absolute atomic E-state index is 13.0. The Morgan fingerprint density at radius 2 is 1.60 bits per heavy atom. The first kappa shape index (κ1) is 10.9. The van der Waals surface area contributed by atoms with Gasteiger partial charge in [0.15, 0.2) is 0 Å². The van der Waals surface area contributed by atoms with Gasteiger partial charge in [0.05, 0.1) is 0 Å². The van der Waals surface area contributed by atoms with E-state index in [0.29, 0.717) is 5.56 Å². The molecule has 2 unspecified atom stereocenters. The molecule has 3 heteroatoms. The van der Waals surface area contributed by atoms with E-state index in [9.17, 15) is 8.78 Å². The lowest BCUT2D eigenvalue weighted by Gasteiger charge is -2.27. The third kappa shape index (κ3) is 2.49. The second kappa shape index (κ2) is 4.48. The monoisotopic (exact) mass is 230 g/mol. The van der Waals surface area contributed by atoms with Crippen LogP contribution in [-0.2, 0) is 0 Å². The third-order valence-electron chi connectivity index (χ3n) is 2.99. The maximum atomic E-state index is 13.0. The van der Waals surface area contributed by atoms with Crippen molar-refractivity contribution in [2.45, 2.75) is 37.0 Å². The van der Waals surface area contributed by atoms with Crippen molar-refractivity contribution in [2.75, 3.05) is 0 Å². The Bertz CT molecular complexity index is 331. The largest absolute Gasteiger partial charge is 0.207 e. The number of halogens is 3. The molecule has 0 aliphatic heterocycles. The summed E-state index contributed by atoms with van der Waals surface area (Å²) in [7, 11) is 0. The fourth-order valence-electron chi connectivity index (χ4n) is 2.25. The Labute approximate surface area is 93.2 Å². The van der Waals surface area contributed by atoms with E-state index >= 15 is 0 Å². The topological polar surface area (TPSA) is 0 Å². The maximum Gasteiger partial charge on any atom is 0.126 e. The van der Waals surface area contributed by atoms with Crippen LogP contribution >= 0.6 is 11.6 Å². The normalized spacial score (nSPS) is 26.6. The van der Waals surface area contributed by atoms with Crippen molar-refractivity contribution in [1.29, 1.82) is 0 Å². The fraction of sp³-hybridized carbons (Fsp3) is 0.500. The Morgan fingerprint density at radius 1 is 1.00 bits per heavy atom. The molecular formula is C12H13ClF2. The van der Waals surface area contributed by atoms with Crippen molar-refractivity contribution in [1.82, 2.24) is 0 Å². The first-order chi connectivity index (χ1) is 7.16. The smallest absolute Gasteiger partial charge is 0.126 e. The third-order valence-corrected chi connectivity index (χ3v) is 3.52. The minimum atomic E-state index is -0.514. The summed E-state index contributed by atoms with van der Waals surface area (Å²) in [5.41, 5.74) is 0.701. The SMILES string of the molecule is Fc1cc(F)cc(C2CCCCC2Cl)c1. The molecular weight excluding hydrogens is 218 g/mol. The molecule has 0 saturated heterocycles. The van der Waals surface area contributed by atoms with Gasteiger partial charge in [-0.3, -0.25) is 0 Å². The predicted octanol–water partition coefficient (Wildman–Crippen LogP) is 4.23. The van der Waals surface area contributed by atoms with E-state index in [1.807, 2.05) is 0 Å². The summed E-state index contributed by atoms with van der Waals surface area (Å²) in [6.45, 7) is 0. The number of benzene rings is 1. The first-order valence-electron chi connectivity index (χ1n) is 5.27.